The summed E-state index contributed by atoms with van der Waals surface area (Å²) in [5.74, 6) is -0.0894. The van der Waals surface area contributed by atoms with Gasteiger partial charge in [-0.1, -0.05) is 22.0 Å². The van der Waals surface area contributed by atoms with E-state index in [-0.39, 0.29) is 5.78 Å². The third-order valence-electron chi connectivity index (χ3n) is 1.90. The van der Waals surface area contributed by atoms with Gasteiger partial charge in [-0.05, 0) is 24.6 Å². The van der Waals surface area contributed by atoms with Gasteiger partial charge in [-0.3, -0.25) is 4.79 Å². The van der Waals surface area contributed by atoms with Gasteiger partial charge in [0.15, 0.2) is 5.78 Å². The van der Waals surface area contributed by atoms with E-state index in [0.29, 0.717) is 16.6 Å². The Labute approximate surface area is 96.6 Å². The molecule has 0 fully saturated rings. The second kappa shape index (κ2) is 4.80. The minimum atomic E-state index is -0.519. The van der Waals surface area contributed by atoms with E-state index >= 15 is 0 Å². The Morgan fingerprint density at radius 2 is 2.29 bits per heavy atom. The quantitative estimate of drug-likeness (QED) is 0.524. The third-order valence-corrected chi connectivity index (χ3v) is 2.71. The zero-order chi connectivity index (χ0) is 10.7. The van der Waals surface area contributed by atoms with E-state index in [0.717, 1.165) is 5.56 Å². The van der Waals surface area contributed by atoms with Crippen molar-refractivity contribution in [3.05, 3.63) is 29.3 Å². The van der Waals surface area contributed by atoms with Crippen LogP contribution in [0.1, 0.15) is 22.8 Å². The van der Waals surface area contributed by atoms with Crippen LogP contribution in [0, 0.1) is 0 Å². The summed E-state index contributed by atoms with van der Waals surface area (Å²) in [6, 6.07) is 5.26. The van der Waals surface area contributed by atoms with E-state index in [4.69, 9.17) is 17.3 Å². The third kappa shape index (κ3) is 2.49. The Balaban J connectivity index is 3.17. The number of hydrogen-bond donors (Lipinski definition) is 1. The molecule has 0 heterocycles. The monoisotopic (exact) mass is 275 g/mol. The van der Waals surface area contributed by atoms with Crippen LogP contribution >= 0.6 is 27.5 Å². The maximum Gasteiger partial charge on any atom is 0.180 e. The van der Waals surface area contributed by atoms with Gasteiger partial charge in [0, 0.05) is 16.6 Å². The molecule has 76 valence electrons. The largest absolute Gasteiger partial charge is 0.399 e. The maximum atomic E-state index is 11.7. The van der Waals surface area contributed by atoms with Crippen LogP contribution in [0.15, 0.2) is 18.2 Å². The molecule has 1 aromatic carbocycles. The molecule has 2 nitrogen and oxygen atoms in total. The first kappa shape index (κ1) is 11.5. The molecule has 1 aromatic rings. The highest BCUT2D eigenvalue weighted by Crippen LogP contribution is 2.19. The van der Waals surface area contributed by atoms with Gasteiger partial charge in [0.2, 0.25) is 0 Å². The Hall–Kier alpha value is -0.540. The summed E-state index contributed by atoms with van der Waals surface area (Å²) < 4.78 is 0. The van der Waals surface area contributed by atoms with Crippen LogP contribution in [0.2, 0.25) is 0 Å². The van der Waals surface area contributed by atoms with Crippen LogP contribution in [-0.2, 0) is 5.33 Å². The number of ketones is 1. The summed E-state index contributed by atoms with van der Waals surface area (Å²) in [5.41, 5.74) is 7.70. The van der Waals surface area contributed by atoms with Gasteiger partial charge in [-0.2, -0.15) is 0 Å². The first-order valence-electron chi connectivity index (χ1n) is 4.19. The number of carbonyl (C=O) groups is 1. The van der Waals surface area contributed by atoms with Crippen molar-refractivity contribution in [1.29, 1.82) is 0 Å². The van der Waals surface area contributed by atoms with Gasteiger partial charge >= 0.3 is 0 Å². The van der Waals surface area contributed by atoms with E-state index in [9.17, 15) is 4.79 Å². The lowest BCUT2D eigenvalue weighted by molar-refractivity contribution is 0.0991. The van der Waals surface area contributed by atoms with E-state index in [1.54, 1.807) is 19.1 Å². The molecule has 0 radical (unpaired) electrons. The molecule has 0 aliphatic heterocycles. The minimum Gasteiger partial charge on any atom is -0.399 e. The molecule has 0 aliphatic carbocycles. The van der Waals surface area contributed by atoms with Crippen LogP contribution in [-0.4, -0.2) is 11.2 Å². The van der Waals surface area contributed by atoms with E-state index in [1.807, 2.05) is 6.07 Å². The standard InChI is InChI=1S/C10H11BrClNO/c1-6(12)10(14)9-4-8(13)3-2-7(9)5-11/h2-4,6H,5,13H2,1H3. The van der Waals surface area contributed by atoms with E-state index in [1.165, 1.54) is 0 Å². The van der Waals surface area contributed by atoms with Gasteiger partial charge in [-0.15, -0.1) is 11.6 Å². The number of nitrogens with two attached hydrogens (primary N) is 1. The van der Waals surface area contributed by atoms with E-state index < -0.39 is 5.38 Å². The second-order valence-electron chi connectivity index (χ2n) is 3.03. The highest BCUT2D eigenvalue weighted by atomic mass is 79.9. The molecule has 4 heteroatoms. The van der Waals surface area contributed by atoms with Crippen LogP contribution in [0.5, 0.6) is 0 Å². The van der Waals surface area contributed by atoms with Gasteiger partial charge < -0.3 is 5.73 Å². The first-order valence-corrected chi connectivity index (χ1v) is 5.74. The van der Waals surface area contributed by atoms with Crippen LogP contribution in [0.3, 0.4) is 0 Å². The lowest BCUT2D eigenvalue weighted by atomic mass is 10.0. The molecule has 14 heavy (non-hydrogen) atoms. The SMILES string of the molecule is CC(Cl)C(=O)c1cc(N)ccc1CBr. The number of anilines is 1. The maximum absolute atomic E-state index is 11.7. The van der Waals surface area contributed by atoms with Crippen molar-refractivity contribution in [3.63, 3.8) is 0 Å². The molecular weight excluding hydrogens is 265 g/mol. The Morgan fingerprint density at radius 3 is 2.79 bits per heavy atom. The van der Waals surface area contributed by atoms with Crippen molar-refractivity contribution in [2.75, 3.05) is 5.73 Å². The van der Waals surface area contributed by atoms with Crippen LogP contribution in [0.4, 0.5) is 5.69 Å². The predicted molar refractivity (Wildman–Crippen MR) is 63.1 cm³/mol. The molecule has 0 aliphatic rings. The summed E-state index contributed by atoms with van der Waals surface area (Å²) in [5, 5.41) is 0.104. The average molecular weight is 277 g/mol. The summed E-state index contributed by atoms with van der Waals surface area (Å²) in [6.07, 6.45) is 0. The van der Waals surface area contributed by atoms with E-state index in [2.05, 4.69) is 15.9 Å². The molecule has 1 rings (SSSR count). The number of alkyl halides is 2. The second-order valence-corrected chi connectivity index (χ2v) is 4.25. The van der Waals surface area contributed by atoms with Crippen molar-refractivity contribution < 1.29 is 4.79 Å². The number of Topliss-reactive ketones (excluding diaryl/α,β-unsaturated/α-hetero) is 1. The lowest BCUT2D eigenvalue weighted by Crippen LogP contribution is -2.13. The zero-order valence-electron chi connectivity index (χ0n) is 7.76. The predicted octanol–water partition coefficient (Wildman–Crippen LogP) is 2.97. The lowest BCUT2D eigenvalue weighted by Gasteiger charge is -2.08. The molecule has 1 unspecified atom stereocenters. The van der Waals surface area contributed by atoms with Gasteiger partial charge in [0.25, 0.3) is 0 Å². The molecule has 0 spiro atoms. The number of hydrogen-bond acceptors (Lipinski definition) is 2. The van der Waals surface area contributed by atoms with Crippen LogP contribution < -0.4 is 5.73 Å². The Morgan fingerprint density at radius 1 is 1.64 bits per heavy atom. The summed E-state index contributed by atoms with van der Waals surface area (Å²) in [7, 11) is 0. The van der Waals surface area contributed by atoms with Crippen molar-refractivity contribution in [1.82, 2.24) is 0 Å². The van der Waals surface area contributed by atoms with Crippen molar-refractivity contribution in [3.8, 4) is 0 Å². The number of rotatable bonds is 3. The minimum absolute atomic E-state index is 0.0894. The van der Waals surface area contributed by atoms with Gasteiger partial charge in [0.1, 0.15) is 0 Å². The van der Waals surface area contributed by atoms with Crippen molar-refractivity contribution in [2.45, 2.75) is 17.6 Å². The fraction of sp³-hybridized carbons (Fsp3) is 0.300. The van der Waals surface area contributed by atoms with Gasteiger partial charge in [-0.25, -0.2) is 0 Å². The fourth-order valence-electron chi connectivity index (χ4n) is 1.15. The average Bonchev–Trinajstić information content (AvgIpc) is 2.16. The molecule has 0 aromatic heterocycles. The van der Waals surface area contributed by atoms with Crippen molar-refractivity contribution in [2.24, 2.45) is 0 Å². The number of nitrogen functional groups attached to an aromatic ring is 1. The topological polar surface area (TPSA) is 43.1 Å². The normalized spacial score (nSPS) is 12.5. The zero-order valence-corrected chi connectivity index (χ0v) is 10.1. The number of carbonyl (C=O) groups excluding carboxylic acids is 1. The Kier molecular flexibility index (Phi) is 3.96. The van der Waals surface area contributed by atoms with Crippen molar-refractivity contribution >= 4 is 39.0 Å². The molecular formula is C10H11BrClNO. The molecule has 0 saturated carbocycles. The first-order chi connectivity index (χ1) is 6.56. The number of benzene rings is 1. The number of halogens is 2. The molecule has 2 N–H and O–H groups in total. The highest BCUT2D eigenvalue weighted by molar-refractivity contribution is 9.08. The smallest absolute Gasteiger partial charge is 0.180 e. The molecule has 0 saturated heterocycles. The summed E-state index contributed by atoms with van der Waals surface area (Å²) in [4.78, 5) is 11.7. The highest BCUT2D eigenvalue weighted by Gasteiger charge is 2.15. The molecule has 0 amide bonds. The Bertz CT molecular complexity index is 352. The fourth-order valence-corrected chi connectivity index (χ4v) is 1.76. The van der Waals surface area contributed by atoms with Gasteiger partial charge in [0.05, 0.1) is 5.38 Å². The molecule has 0 bridgehead atoms. The summed E-state index contributed by atoms with van der Waals surface area (Å²) >= 11 is 9.05. The van der Waals surface area contributed by atoms with Crippen LogP contribution in [0.25, 0.3) is 0 Å². The summed E-state index contributed by atoms with van der Waals surface area (Å²) in [6.45, 7) is 1.66. The molecule has 1 atom stereocenters.